The average molecular weight is 266 g/mol. The van der Waals surface area contributed by atoms with Crippen LogP contribution in [0.4, 0.5) is 8.78 Å². The maximum atomic E-state index is 13.5. The van der Waals surface area contributed by atoms with Gasteiger partial charge < -0.3 is 0 Å². The molecule has 0 aliphatic heterocycles. The van der Waals surface area contributed by atoms with Crippen molar-refractivity contribution >= 4 is 0 Å². The van der Waals surface area contributed by atoms with Gasteiger partial charge in [0.1, 0.15) is 0 Å². The van der Waals surface area contributed by atoms with Gasteiger partial charge in [-0.1, -0.05) is 36.5 Å². The number of alkyl halides is 2. The van der Waals surface area contributed by atoms with Crippen molar-refractivity contribution in [3.8, 4) is 0 Å². The van der Waals surface area contributed by atoms with Crippen molar-refractivity contribution in [3.63, 3.8) is 0 Å². The summed E-state index contributed by atoms with van der Waals surface area (Å²) in [5.41, 5.74) is -0.248. The summed E-state index contributed by atoms with van der Waals surface area (Å²) in [7, 11) is 0. The van der Waals surface area contributed by atoms with Crippen LogP contribution in [0.25, 0.3) is 0 Å². The minimum absolute atomic E-state index is 0.248. The molecule has 0 saturated heterocycles. The number of halogens is 2. The molecule has 2 aliphatic rings. The van der Waals surface area contributed by atoms with Gasteiger partial charge in [-0.05, 0) is 50.4 Å². The number of allylic oxidation sites excluding steroid dienone is 6. The highest BCUT2D eigenvalue weighted by atomic mass is 19.1. The Balaban J connectivity index is 1.88. The maximum absolute atomic E-state index is 13.5. The Labute approximate surface area is 115 Å². The molecule has 0 aromatic heterocycles. The van der Waals surface area contributed by atoms with Crippen LogP contribution >= 0.6 is 0 Å². The van der Waals surface area contributed by atoms with Gasteiger partial charge >= 0.3 is 0 Å². The molecule has 0 amide bonds. The Morgan fingerprint density at radius 3 is 2.47 bits per heavy atom. The van der Waals surface area contributed by atoms with E-state index in [2.05, 4.69) is 18.2 Å². The van der Waals surface area contributed by atoms with Crippen LogP contribution in [0.15, 0.2) is 36.5 Å². The van der Waals surface area contributed by atoms with E-state index in [0.717, 1.165) is 32.1 Å². The van der Waals surface area contributed by atoms with Crippen LogP contribution in [-0.4, -0.2) is 13.3 Å². The van der Waals surface area contributed by atoms with Gasteiger partial charge in [-0.3, -0.25) is 8.78 Å². The minimum atomic E-state index is -0.270. The predicted molar refractivity (Wildman–Crippen MR) is 76.5 cm³/mol. The quantitative estimate of drug-likeness (QED) is 0.601. The largest absolute Gasteiger partial charge is 0.251 e. The molecule has 106 valence electrons. The third-order valence-corrected chi connectivity index (χ3v) is 4.69. The van der Waals surface area contributed by atoms with Gasteiger partial charge in [-0.15, -0.1) is 0 Å². The van der Waals surface area contributed by atoms with Gasteiger partial charge in [-0.25, -0.2) is 0 Å². The molecule has 0 N–H and O–H groups in total. The summed E-state index contributed by atoms with van der Waals surface area (Å²) in [6.07, 6.45) is 18.1. The second-order valence-corrected chi connectivity index (χ2v) is 5.88. The number of rotatable bonds is 5. The highest BCUT2D eigenvalue weighted by Gasteiger charge is 2.38. The average Bonchev–Trinajstić information content (AvgIpc) is 2.49. The normalized spacial score (nSPS) is 35.1. The molecule has 1 fully saturated rings. The van der Waals surface area contributed by atoms with E-state index in [1.165, 1.54) is 0 Å². The topological polar surface area (TPSA) is 0 Å². The van der Waals surface area contributed by atoms with E-state index in [9.17, 15) is 8.78 Å². The summed E-state index contributed by atoms with van der Waals surface area (Å²) >= 11 is 0. The van der Waals surface area contributed by atoms with Gasteiger partial charge in [0.2, 0.25) is 0 Å². The lowest BCUT2D eigenvalue weighted by Gasteiger charge is -2.40. The van der Waals surface area contributed by atoms with Crippen molar-refractivity contribution in [2.75, 3.05) is 13.3 Å². The van der Waals surface area contributed by atoms with Crippen LogP contribution < -0.4 is 0 Å². The second-order valence-electron chi connectivity index (χ2n) is 5.88. The maximum Gasteiger partial charge on any atom is 0.0990 e. The number of hydrogen-bond donors (Lipinski definition) is 0. The van der Waals surface area contributed by atoms with Crippen molar-refractivity contribution in [1.82, 2.24) is 0 Å². The minimum Gasteiger partial charge on any atom is -0.251 e. The van der Waals surface area contributed by atoms with Crippen LogP contribution in [0.5, 0.6) is 0 Å². The zero-order valence-corrected chi connectivity index (χ0v) is 11.5. The molecule has 0 spiro atoms. The van der Waals surface area contributed by atoms with Gasteiger partial charge in [0, 0.05) is 5.41 Å². The van der Waals surface area contributed by atoms with E-state index in [-0.39, 0.29) is 18.8 Å². The van der Waals surface area contributed by atoms with Gasteiger partial charge in [0.25, 0.3) is 0 Å². The van der Waals surface area contributed by atoms with Crippen molar-refractivity contribution in [2.24, 2.45) is 17.3 Å². The van der Waals surface area contributed by atoms with E-state index >= 15 is 0 Å². The van der Waals surface area contributed by atoms with Crippen LogP contribution in [0.1, 0.15) is 38.5 Å². The van der Waals surface area contributed by atoms with Crippen LogP contribution in [0.2, 0.25) is 0 Å². The molecule has 0 nitrogen and oxygen atoms in total. The molecular weight excluding hydrogens is 242 g/mol. The highest BCUT2D eigenvalue weighted by molar-refractivity contribution is 5.18. The van der Waals surface area contributed by atoms with Crippen LogP contribution in [0, 0.1) is 17.3 Å². The van der Waals surface area contributed by atoms with Crippen molar-refractivity contribution in [1.29, 1.82) is 0 Å². The van der Waals surface area contributed by atoms with E-state index < -0.39 is 0 Å². The van der Waals surface area contributed by atoms with Crippen molar-refractivity contribution < 1.29 is 8.78 Å². The molecule has 1 unspecified atom stereocenters. The fourth-order valence-electron chi connectivity index (χ4n) is 3.43. The standard InChI is InChI=1S/C17H24F2/c18-13-5-2-6-15-7-9-16(10-8-15)17(14-19)11-3-1-4-12-17/h1-4,6,11,15-16H,5,7-10,12-14H2/b6-2+. The first-order chi connectivity index (χ1) is 9.30. The molecular formula is C17H24F2. The number of hydrogen-bond acceptors (Lipinski definition) is 0. The van der Waals surface area contributed by atoms with Gasteiger partial charge in [0.05, 0.1) is 13.3 Å². The molecule has 1 saturated carbocycles. The third-order valence-electron chi connectivity index (χ3n) is 4.69. The summed E-state index contributed by atoms with van der Waals surface area (Å²) in [6, 6.07) is 0. The Hall–Kier alpha value is -0.920. The van der Waals surface area contributed by atoms with E-state index in [4.69, 9.17) is 0 Å². The third kappa shape index (κ3) is 3.55. The molecule has 1 atom stereocenters. The first-order valence-corrected chi connectivity index (χ1v) is 7.44. The van der Waals surface area contributed by atoms with Crippen molar-refractivity contribution in [3.05, 3.63) is 36.5 Å². The Kier molecular flexibility index (Phi) is 5.35. The Morgan fingerprint density at radius 1 is 1.11 bits per heavy atom. The van der Waals surface area contributed by atoms with Gasteiger partial charge in [-0.2, -0.15) is 0 Å². The molecule has 0 radical (unpaired) electrons. The first-order valence-electron chi connectivity index (χ1n) is 7.44. The van der Waals surface area contributed by atoms with Crippen LogP contribution in [0.3, 0.4) is 0 Å². The molecule has 19 heavy (non-hydrogen) atoms. The smallest absolute Gasteiger partial charge is 0.0990 e. The lowest BCUT2D eigenvalue weighted by molar-refractivity contribution is 0.121. The summed E-state index contributed by atoms with van der Waals surface area (Å²) in [5.74, 6) is 1.03. The fourth-order valence-corrected chi connectivity index (χ4v) is 3.43. The molecule has 2 rings (SSSR count). The van der Waals surface area contributed by atoms with E-state index in [1.54, 1.807) is 0 Å². The SMILES string of the molecule is FCC/C=C/C1CCC(C2(CF)C=CC=CC2)CC1. The Bertz CT molecular complexity index is 348. The van der Waals surface area contributed by atoms with E-state index in [1.807, 2.05) is 18.2 Å². The molecule has 0 bridgehead atoms. The summed E-state index contributed by atoms with van der Waals surface area (Å²) < 4.78 is 25.6. The fraction of sp³-hybridized carbons (Fsp3) is 0.647. The zero-order chi connectivity index (χ0) is 13.6. The molecule has 0 aromatic rings. The second kappa shape index (κ2) is 7.02. The first kappa shape index (κ1) is 14.5. The monoisotopic (exact) mass is 266 g/mol. The van der Waals surface area contributed by atoms with E-state index in [0.29, 0.717) is 18.3 Å². The highest BCUT2D eigenvalue weighted by Crippen LogP contribution is 2.45. The molecule has 2 heteroatoms. The summed E-state index contributed by atoms with van der Waals surface area (Å²) in [6.45, 7) is -0.519. The predicted octanol–water partition coefficient (Wildman–Crippen LogP) is 5.18. The molecule has 0 aromatic carbocycles. The summed E-state index contributed by atoms with van der Waals surface area (Å²) in [5, 5.41) is 0. The van der Waals surface area contributed by atoms with Gasteiger partial charge in [0.15, 0.2) is 0 Å². The molecule has 0 heterocycles. The Morgan fingerprint density at radius 2 is 1.89 bits per heavy atom. The lowest BCUT2D eigenvalue weighted by atomic mass is 9.65. The molecule has 2 aliphatic carbocycles. The van der Waals surface area contributed by atoms with Crippen molar-refractivity contribution in [2.45, 2.75) is 38.5 Å². The summed E-state index contributed by atoms with van der Waals surface area (Å²) in [4.78, 5) is 0. The lowest BCUT2D eigenvalue weighted by Crippen LogP contribution is -2.34. The zero-order valence-electron chi connectivity index (χ0n) is 11.5. The van der Waals surface area contributed by atoms with Crippen LogP contribution in [-0.2, 0) is 0 Å².